The van der Waals surface area contributed by atoms with Gasteiger partial charge in [-0.15, -0.1) is 0 Å². The van der Waals surface area contributed by atoms with Crippen molar-refractivity contribution >= 4 is 11.7 Å². The summed E-state index contributed by atoms with van der Waals surface area (Å²) in [7, 11) is 0. The van der Waals surface area contributed by atoms with Crippen LogP contribution in [0.15, 0.2) is 18.3 Å². The van der Waals surface area contributed by atoms with Gasteiger partial charge in [0.2, 0.25) is 0 Å². The van der Waals surface area contributed by atoms with Crippen LogP contribution >= 0.6 is 0 Å². The number of anilines is 1. The van der Waals surface area contributed by atoms with Gasteiger partial charge in [0, 0.05) is 24.8 Å². The van der Waals surface area contributed by atoms with E-state index in [0.717, 1.165) is 19.4 Å². The molecule has 17 heavy (non-hydrogen) atoms. The molecule has 4 N–H and O–H groups in total. The first-order chi connectivity index (χ1) is 8.09. The average molecular weight is 234 g/mol. The molecule has 2 heterocycles. The Balaban J connectivity index is 2.30. The summed E-state index contributed by atoms with van der Waals surface area (Å²) in [6, 6.07) is 3.96. The van der Waals surface area contributed by atoms with E-state index in [1.807, 2.05) is 0 Å². The quantitative estimate of drug-likeness (QED) is 0.780. The van der Waals surface area contributed by atoms with Gasteiger partial charge < -0.3 is 16.4 Å². The lowest BCUT2D eigenvalue weighted by molar-refractivity contribution is 0.100. The van der Waals surface area contributed by atoms with Crippen LogP contribution in [0.25, 0.3) is 0 Å². The number of hydrogen-bond donors (Lipinski definition) is 2. The van der Waals surface area contributed by atoms with Crippen molar-refractivity contribution in [2.75, 3.05) is 11.4 Å². The minimum atomic E-state index is -0.435. The lowest BCUT2D eigenvalue weighted by atomic mass is 9.98. The van der Waals surface area contributed by atoms with Crippen LogP contribution in [0.3, 0.4) is 0 Å². The van der Waals surface area contributed by atoms with Crippen molar-refractivity contribution in [2.45, 2.75) is 31.8 Å². The van der Waals surface area contributed by atoms with E-state index >= 15 is 0 Å². The van der Waals surface area contributed by atoms with Gasteiger partial charge in [0.05, 0.1) is 5.56 Å². The maximum absolute atomic E-state index is 11.4. The highest BCUT2D eigenvalue weighted by molar-refractivity contribution is 5.97. The molecule has 0 aliphatic carbocycles. The van der Waals surface area contributed by atoms with Crippen molar-refractivity contribution in [3.05, 3.63) is 23.9 Å². The van der Waals surface area contributed by atoms with Crippen LogP contribution in [0.2, 0.25) is 0 Å². The summed E-state index contributed by atoms with van der Waals surface area (Å²) in [5.41, 5.74) is 11.8. The number of hydrogen-bond acceptors (Lipinski definition) is 4. The topological polar surface area (TPSA) is 85.2 Å². The smallest absolute Gasteiger partial charge is 0.252 e. The van der Waals surface area contributed by atoms with Crippen molar-refractivity contribution in [3.63, 3.8) is 0 Å². The molecule has 2 atom stereocenters. The molecular weight excluding hydrogens is 216 g/mol. The Morgan fingerprint density at radius 3 is 3.00 bits per heavy atom. The lowest BCUT2D eigenvalue weighted by Gasteiger charge is -2.37. The minimum absolute atomic E-state index is 0.238. The third kappa shape index (κ3) is 2.39. The summed E-state index contributed by atoms with van der Waals surface area (Å²) >= 11 is 0. The zero-order valence-corrected chi connectivity index (χ0v) is 9.97. The summed E-state index contributed by atoms with van der Waals surface area (Å²) in [6.45, 7) is 2.91. The van der Waals surface area contributed by atoms with E-state index < -0.39 is 5.91 Å². The molecule has 0 saturated carbocycles. The summed E-state index contributed by atoms with van der Waals surface area (Å²) in [4.78, 5) is 17.8. The van der Waals surface area contributed by atoms with Crippen molar-refractivity contribution < 1.29 is 4.79 Å². The van der Waals surface area contributed by atoms with Gasteiger partial charge >= 0.3 is 0 Å². The minimum Gasteiger partial charge on any atom is -0.365 e. The van der Waals surface area contributed by atoms with Crippen molar-refractivity contribution in [1.29, 1.82) is 0 Å². The van der Waals surface area contributed by atoms with E-state index in [0.29, 0.717) is 11.4 Å². The third-order valence-corrected chi connectivity index (χ3v) is 3.24. The number of pyridine rings is 1. The number of nitrogens with two attached hydrogens (primary N) is 2. The second-order valence-corrected chi connectivity index (χ2v) is 4.57. The average Bonchev–Trinajstić information content (AvgIpc) is 2.29. The van der Waals surface area contributed by atoms with Crippen LogP contribution in [0.5, 0.6) is 0 Å². The fourth-order valence-electron chi connectivity index (χ4n) is 2.34. The van der Waals surface area contributed by atoms with Gasteiger partial charge in [0.15, 0.2) is 0 Å². The van der Waals surface area contributed by atoms with Gasteiger partial charge in [0.25, 0.3) is 5.91 Å². The SMILES string of the molecule is CC1CC(N)CCN1c1ncccc1C(N)=O. The standard InChI is InChI=1S/C12H18N4O/c1-8-7-9(13)4-6-16(8)12-10(11(14)17)3-2-5-15-12/h2-3,5,8-9H,4,6-7,13H2,1H3,(H2,14,17). The molecule has 2 rings (SSSR count). The monoisotopic (exact) mass is 234 g/mol. The maximum Gasteiger partial charge on any atom is 0.252 e. The number of amides is 1. The van der Waals surface area contributed by atoms with E-state index in [-0.39, 0.29) is 12.1 Å². The Morgan fingerprint density at radius 1 is 1.59 bits per heavy atom. The second kappa shape index (κ2) is 4.71. The molecule has 1 aliphatic rings. The molecule has 5 heteroatoms. The molecule has 5 nitrogen and oxygen atoms in total. The molecule has 1 aromatic heterocycles. The number of carbonyl (C=O) groups is 1. The van der Waals surface area contributed by atoms with E-state index in [9.17, 15) is 4.79 Å². The molecule has 1 aromatic rings. The lowest BCUT2D eigenvalue weighted by Crippen LogP contribution is -2.46. The highest BCUT2D eigenvalue weighted by Gasteiger charge is 2.26. The van der Waals surface area contributed by atoms with Gasteiger partial charge in [0.1, 0.15) is 5.82 Å². The van der Waals surface area contributed by atoms with Crippen LogP contribution in [-0.4, -0.2) is 29.5 Å². The van der Waals surface area contributed by atoms with Crippen molar-refractivity contribution in [3.8, 4) is 0 Å². The van der Waals surface area contributed by atoms with Crippen molar-refractivity contribution in [1.82, 2.24) is 4.98 Å². The molecule has 0 aromatic carbocycles. The number of rotatable bonds is 2. The molecule has 0 bridgehead atoms. The molecule has 2 unspecified atom stereocenters. The molecular formula is C12H18N4O. The normalized spacial score (nSPS) is 24.7. The number of nitrogens with zero attached hydrogens (tertiary/aromatic N) is 2. The first-order valence-corrected chi connectivity index (χ1v) is 5.86. The Hall–Kier alpha value is -1.62. The predicted molar refractivity (Wildman–Crippen MR) is 66.8 cm³/mol. The highest BCUT2D eigenvalue weighted by Crippen LogP contribution is 2.25. The van der Waals surface area contributed by atoms with E-state index in [2.05, 4.69) is 16.8 Å². The predicted octanol–water partition coefficient (Wildman–Crippen LogP) is 0.496. The van der Waals surface area contributed by atoms with Crippen LogP contribution in [-0.2, 0) is 0 Å². The molecule has 1 fully saturated rings. The number of aromatic nitrogens is 1. The molecule has 1 saturated heterocycles. The van der Waals surface area contributed by atoms with Crippen LogP contribution in [0, 0.1) is 0 Å². The first kappa shape index (κ1) is 11.9. The maximum atomic E-state index is 11.4. The van der Waals surface area contributed by atoms with E-state index in [1.54, 1.807) is 18.3 Å². The van der Waals surface area contributed by atoms with Gasteiger partial charge in [-0.25, -0.2) is 4.98 Å². The zero-order chi connectivity index (χ0) is 12.4. The summed E-state index contributed by atoms with van der Waals surface area (Å²) in [5.74, 6) is 0.245. The Labute approximate surface area is 101 Å². The number of carbonyl (C=O) groups excluding carboxylic acids is 1. The van der Waals surface area contributed by atoms with Gasteiger partial charge in [-0.1, -0.05) is 0 Å². The Bertz CT molecular complexity index is 421. The van der Waals surface area contributed by atoms with Gasteiger partial charge in [-0.3, -0.25) is 4.79 Å². The summed E-state index contributed by atoms with van der Waals surface area (Å²) in [6.07, 6.45) is 3.51. The second-order valence-electron chi connectivity index (χ2n) is 4.57. The fourth-order valence-corrected chi connectivity index (χ4v) is 2.34. The molecule has 0 radical (unpaired) electrons. The van der Waals surface area contributed by atoms with Crippen LogP contribution in [0.4, 0.5) is 5.82 Å². The Morgan fingerprint density at radius 2 is 2.35 bits per heavy atom. The van der Waals surface area contributed by atoms with Gasteiger partial charge in [-0.2, -0.15) is 0 Å². The third-order valence-electron chi connectivity index (χ3n) is 3.24. The van der Waals surface area contributed by atoms with Crippen molar-refractivity contribution in [2.24, 2.45) is 11.5 Å². The molecule has 0 spiro atoms. The van der Waals surface area contributed by atoms with E-state index in [4.69, 9.17) is 11.5 Å². The molecule has 92 valence electrons. The Kier molecular flexibility index (Phi) is 3.28. The summed E-state index contributed by atoms with van der Waals surface area (Å²) in [5, 5.41) is 0. The number of piperidine rings is 1. The first-order valence-electron chi connectivity index (χ1n) is 5.86. The highest BCUT2D eigenvalue weighted by atomic mass is 16.1. The zero-order valence-electron chi connectivity index (χ0n) is 9.97. The van der Waals surface area contributed by atoms with E-state index in [1.165, 1.54) is 0 Å². The fraction of sp³-hybridized carbons (Fsp3) is 0.500. The molecule has 1 amide bonds. The largest absolute Gasteiger partial charge is 0.365 e. The summed E-state index contributed by atoms with van der Waals surface area (Å²) < 4.78 is 0. The number of primary amides is 1. The van der Waals surface area contributed by atoms with Gasteiger partial charge in [-0.05, 0) is 31.9 Å². The van der Waals surface area contributed by atoms with Crippen LogP contribution < -0.4 is 16.4 Å². The molecule has 1 aliphatic heterocycles. The van der Waals surface area contributed by atoms with Crippen LogP contribution in [0.1, 0.15) is 30.1 Å².